The Morgan fingerprint density at radius 2 is 2.08 bits per heavy atom. The molecule has 1 aromatic carbocycles. The van der Waals surface area contributed by atoms with Crippen LogP contribution in [0.1, 0.15) is 36.7 Å². The number of benzene rings is 1. The molecule has 0 N–H and O–H groups in total. The number of aromatic nitrogens is 2. The molecule has 1 aromatic heterocycles. The van der Waals surface area contributed by atoms with Crippen LogP contribution in [0.25, 0.3) is 16.1 Å². The van der Waals surface area contributed by atoms with Crippen molar-refractivity contribution in [2.24, 2.45) is 5.11 Å². The standard InChI is InChI=1S/C17H21N5O2/c1-12(2)13-4-6-15(7-5-13)22-16(8-9-19-21-18)10-14(20-22)11-17(23)24-3/h4-7,10,12H,8-9,11H2,1-3H3. The van der Waals surface area contributed by atoms with Gasteiger partial charge in [0.1, 0.15) is 0 Å². The van der Waals surface area contributed by atoms with E-state index in [0.29, 0.717) is 24.6 Å². The number of azide groups is 1. The molecule has 0 saturated heterocycles. The quantitative estimate of drug-likeness (QED) is 0.337. The van der Waals surface area contributed by atoms with E-state index in [9.17, 15) is 4.79 Å². The zero-order valence-electron chi connectivity index (χ0n) is 14.1. The van der Waals surface area contributed by atoms with Gasteiger partial charge in [-0.2, -0.15) is 5.10 Å². The largest absolute Gasteiger partial charge is 0.469 e. The van der Waals surface area contributed by atoms with Gasteiger partial charge in [-0.15, -0.1) is 0 Å². The lowest BCUT2D eigenvalue weighted by Crippen LogP contribution is -2.06. The number of ether oxygens (including phenoxy) is 1. The Morgan fingerprint density at radius 3 is 2.67 bits per heavy atom. The van der Waals surface area contributed by atoms with E-state index in [0.717, 1.165) is 11.4 Å². The molecular weight excluding hydrogens is 306 g/mol. The van der Waals surface area contributed by atoms with Crippen LogP contribution in [0.4, 0.5) is 0 Å². The van der Waals surface area contributed by atoms with Crippen molar-refractivity contribution in [3.05, 3.63) is 57.7 Å². The maximum Gasteiger partial charge on any atom is 0.311 e. The predicted molar refractivity (Wildman–Crippen MR) is 91.1 cm³/mol. The monoisotopic (exact) mass is 327 g/mol. The molecule has 7 heteroatoms. The zero-order chi connectivity index (χ0) is 17.5. The molecule has 0 bridgehead atoms. The van der Waals surface area contributed by atoms with Crippen molar-refractivity contribution in [1.82, 2.24) is 9.78 Å². The Balaban J connectivity index is 2.33. The van der Waals surface area contributed by atoms with Gasteiger partial charge in [-0.05, 0) is 41.6 Å². The van der Waals surface area contributed by atoms with Crippen LogP contribution in [0.3, 0.4) is 0 Å². The molecule has 1 heterocycles. The Hall–Kier alpha value is -2.79. The molecule has 0 saturated carbocycles. The van der Waals surface area contributed by atoms with Crippen molar-refractivity contribution < 1.29 is 9.53 Å². The number of rotatable bonds is 7. The SMILES string of the molecule is COC(=O)Cc1cc(CCN=[N+]=[N-])n(-c2ccc(C(C)C)cc2)n1. The molecule has 24 heavy (non-hydrogen) atoms. The van der Waals surface area contributed by atoms with Crippen molar-refractivity contribution in [2.45, 2.75) is 32.6 Å². The van der Waals surface area contributed by atoms with Gasteiger partial charge in [0.2, 0.25) is 0 Å². The van der Waals surface area contributed by atoms with Crippen LogP contribution in [0.5, 0.6) is 0 Å². The minimum atomic E-state index is -0.337. The molecule has 2 aromatic rings. The highest BCUT2D eigenvalue weighted by molar-refractivity contribution is 5.71. The van der Waals surface area contributed by atoms with Gasteiger partial charge >= 0.3 is 5.97 Å². The molecule has 126 valence electrons. The van der Waals surface area contributed by atoms with Crippen molar-refractivity contribution in [3.8, 4) is 5.69 Å². The summed E-state index contributed by atoms with van der Waals surface area (Å²) in [6.07, 6.45) is 0.659. The van der Waals surface area contributed by atoms with Crippen LogP contribution in [-0.4, -0.2) is 29.4 Å². The molecule has 0 aliphatic heterocycles. The fourth-order valence-corrected chi connectivity index (χ4v) is 2.39. The highest BCUT2D eigenvalue weighted by Crippen LogP contribution is 2.19. The van der Waals surface area contributed by atoms with Crippen LogP contribution in [0, 0.1) is 0 Å². The highest BCUT2D eigenvalue weighted by atomic mass is 16.5. The average Bonchev–Trinajstić information content (AvgIpc) is 2.97. The van der Waals surface area contributed by atoms with Crippen LogP contribution >= 0.6 is 0 Å². The summed E-state index contributed by atoms with van der Waals surface area (Å²) in [7, 11) is 1.35. The van der Waals surface area contributed by atoms with Gasteiger partial charge in [0.05, 0.1) is 24.9 Å². The lowest BCUT2D eigenvalue weighted by molar-refractivity contribution is -0.139. The summed E-state index contributed by atoms with van der Waals surface area (Å²) in [4.78, 5) is 14.3. The first-order chi connectivity index (χ1) is 11.5. The van der Waals surface area contributed by atoms with E-state index in [1.54, 1.807) is 4.68 Å². The zero-order valence-corrected chi connectivity index (χ0v) is 14.1. The minimum Gasteiger partial charge on any atom is -0.469 e. The lowest BCUT2D eigenvalue weighted by atomic mass is 10.0. The molecule has 7 nitrogen and oxygen atoms in total. The molecule has 0 amide bonds. The summed E-state index contributed by atoms with van der Waals surface area (Å²) >= 11 is 0. The van der Waals surface area contributed by atoms with Gasteiger partial charge in [-0.3, -0.25) is 4.79 Å². The second-order valence-corrected chi connectivity index (χ2v) is 5.74. The number of carbonyl (C=O) groups excluding carboxylic acids is 1. The topological polar surface area (TPSA) is 92.9 Å². The minimum absolute atomic E-state index is 0.113. The fraction of sp³-hybridized carbons (Fsp3) is 0.412. The second kappa shape index (κ2) is 8.17. The Bertz CT molecular complexity index is 743. The lowest BCUT2D eigenvalue weighted by Gasteiger charge is -2.09. The number of hydrogen-bond acceptors (Lipinski definition) is 4. The third-order valence-corrected chi connectivity index (χ3v) is 3.72. The summed E-state index contributed by atoms with van der Waals surface area (Å²) in [5.41, 5.74) is 12.1. The van der Waals surface area contributed by atoms with Gasteiger partial charge in [0.25, 0.3) is 0 Å². The summed E-state index contributed by atoms with van der Waals surface area (Å²) in [5.74, 6) is 0.118. The van der Waals surface area contributed by atoms with Crippen LogP contribution in [-0.2, 0) is 22.4 Å². The van der Waals surface area contributed by atoms with Gasteiger partial charge in [-0.25, -0.2) is 4.68 Å². The van der Waals surface area contributed by atoms with E-state index in [2.05, 4.69) is 41.1 Å². The van der Waals surface area contributed by atoms with Crippen molar-refractivity contribution in [1.29, 1.82) is 0 Å². The van der Waals surface area contributed by atoms with E-state index in [4.69, 9.17) is 10.3 Å². The van der Waals surface area contributed by atoms with Gasteiger partial charge in [0, 0.05) is 17.2 Å². The molecule has 2 rings (SSSR count). The maximum atomic E-state index is 11.5. The molecule has 0 aliphatic carbocycles. The summed E-state index contributed by atoms with van der Waals surface area (Å²) in [5, 5.41) is 8.08. The van der Waals surface area contributed by atoms with Crippen molar-refractivity contribution in [2.75, 3.05) is 13.7 Å². The number of esters is 1. The van der Waals surface area contributed by atoms with E-state index in [1.807, 2.05) is 18.2 Å². The fourth-order valence-electron chi connectivity index (χ4n) is 2.39. The van der Waals surface area contributed by atoms with Gasteiger partial charge in [-0.1, -0.05) is 31.1 Å². The Labute approximate surface area is 140 Å². The number of carbonyl (C=O) groups is 1. The van der Waals surface area contributed by atoms with Crippen molar-refractivity contribution in [3.63, 3.8) is 0 Å². The molecule has 0 unspecified atom stereocenters. The first-order valence-electron chi connectivity index (χ1n) is 7.81. The number of methoxy groups -OCH3 is 1. The normalized spacial score (nSPS) is 10.5. The molecule has 0 atom stereocenters. The van der Waals surface area contributed by atoms with E-state index < -0.39 is 0 Å². The van der Waals surface area contributed by atoms with E-state index in [1.165, 1.54) is 12.7 Å². The maximum absolute atomic E-state index is 11.5. The average molecular weight is 327 g/mol. The Kier molecular flexibility index (Phi) is 5.98. The summed E-state index contributed by atoms with van der Waals surface area (Å²) in [6, 6.07) is 9.99. The first-order valence-corrected chi connectivity index (χ1v) is 7.81. The highest BCUT2D eigenvalue weighted by Gasteiger charge is 2.13. The smallest absolute Gasteiger partial charge is 0.311 e. The van der Waals surface area contributed by atoms with Crippen LogP contribution in [0.15, 0.2) is 35.4 Å². The van der Waals surface area contributed by atoms with Gasteiger partial charge < -0.3 is 4.74 Å². The molecule has 0 radical (unpaired) electrons. The summed E-state index contributed by atoms with van der Waals surface area (Å²) < 4.78 is 6.48. The van der Waals surface area contributed by atoms with Crippen LogP contribution < -0.4 is 0 Å². The molecule has 0 spiro atoms. The molecule has 0 aliphatic rings. The molecule has 0 fully saturated rings. The molecular formula is C17H21N5O2. The predicted octanol–water partition coefficient (Wildman–Crippen LogP) is 3.56. The van der Waals surface area contributed by atoms with E-state index in [-0.39, 0.29) is 12.4 Å². The summed E-state index contributed by atoms with van der Waals surface area (Å²) in [6.45, 7) is 4.62. The Morgan fingerprint density at radius 1 is 1.38 bits per heavy atom. The number of nitrogens with zero attached hydrogens (tertiary/aromatic N) is 5. The third-order valence-electron chi connectivity index (χ3n) is 3.72. The van der Waals surface area contributed by atoms with Gasteiger partial charge in [0.15, 0.2) is 0 Å². The van der Waals surface area contributed by atoms with Crippen molar-refractivity contribution >= 4 is 5.97 Å². The number of hydrogen-bond donors (Lipinski definition) is 0. The van der Waals surface area contributed by atoms with E-state index >= 15 is 0 Å². The van der Waals surface area contributed by atoms with Crippen LogP contribution in [0.2, 0.25) is 0 Å². The second-order valence-electron chi connectivity index (χ2n) is 5.74. The first kappa shape index (κ1) is 17.6. The third kappa shape index (κ3) is 4.36.